The number of nitrogens with zero attached hydrogens (tertiary/aromatic N) is 3. The Labute approximate surface area is 186 Å². The van der Waals surface area contributed by atoms with Gasteiger partial charge in [0, 0.05) is 36.0 Å². The van der Waals surface area contributed by atoms with Crippen molar-refractivity contribution in [2.24, 2.45) is 0 Å². The van der Waals surface area contributed by atoms with Gasteiger partial charge in [0.2, 0.25) is 5.91 Å². The fourth-order valence-electron chi connectivity index (χ4n) is 3.87. The lowest BCUT2D eigenvalue weighted by Gasteiger charge is -2.16. The van der Waals surface area contributed by atoms with Gasteiger partial charge in [0.15, 0.2) is 0 Å². The molecule has 0 saturated carbocycles. The number of hydrogen-bond acceptors (Lipinski definition) is 5. The summed E-state index contributed by atoms with van der Waals surface area (Å²) in [6, 6.07) is 7.18. The van der Waals surface area contributed by atoms with Crippen LogP contribution in [0.1, 0.15) is 29.7 Å². The zero-order valence-electron chi connectivity index (χ0n) is 17.9. The number of nitrogens with one attached hydrogen (secondary N) is 1. The van der Waals surface area contributed by atoms with Gasteiger partial charge in [0.25, 0.3) is 10.0 Å². The van der Waals surface area contributed by atoms with Gasteiger partial charge >= 0.3 is 0 Å². The number of anilines is 1. The summed E-state index contributed by atoms with van der Waals surface area (Å²) in [5.74, 6) is -0.00570. The largest absolute Gasteiger partial charge is 0.341 e. The van der Waals surface area contributed by atoms with Gasteiger partial charge in [-0.1, -0.05) is 6.07 Å². The number of sulfonamides is 1. The second-order valence-corrected chi connectivity index (χ2v) is 10.6. The van der Waals surface area contributed by atoms with Crippen LogP contribution in [0.15, 0.2) is 40.7 Å². The van der Waals surface area contributed by atoms with Gasteiger partial charge in [-0.2, -0.15) is 0 Å². The number of thiazole rings is 1. The van der Waals surface area contributed by atoms with E-state index in [1.54, 1.807) is 22.8 Å². The van der Waals surface area contributed by atoms with Crippen LogP contribution in [0, 0.1) is 20.8 Å². The molecule has 3 heterocycles. The molecule has 0 spiro atoms. The highest BCUT2D eigenvalue weighted by atomic mass is 32.2. The molecule has 1 saturated heterocycles. The molecule has 31 heavy (non-hydrogen) atoms. The molecule has 1 aliphatic rings. The predicted molar refractivity (Wildman–Crippen MR) is 123 cm³/mol. The van der Waals surface area contributed by atoms with Crippen molar-refractivity contribution in [3.63, 3.8) is 0 Å². The molecule has 1 fully saturated rings. The molecule has 0 radical (unpaired) electrons. The van der Waals surface area contributed by atoms with E-state index in [0.717, 1.165) is 42.8 Å². The minimum absolute atomic E-state index is 0.00570. The lowest BCUT2D eigenvalue weighted by atomic mass is 10.1. The third-order valence-corrected chi connectivity index (χ3v) is 7.59. The molecule has 1 aromatic carbocycles. The van der Waals surface area contributed by atoms with Crippen molar-refractivity contribution in [2.75, 3.05) is 17.8 Å². The molecule has 0 bridgehead atoms. The number of aromatic nitrogens is 2. The molecule has 3 aromatic rings. The van der Waals surface area contributed by atoms with Crippen LogP contribution in [0.5, 0.6) is 0 Å². The van der Waals surface area contributed by atoms with E-state index in [4.69, 9.17) is 0 Å². The van der Waals surface area contributed by atoms with E-state index >= 15 is 0 Å². The molecule has 9 heteroatoms. The fourth-order valence-corrected chi connectivity index (χ4v) is 5.78. The van der Waals surface area contributed by atoms with E-state index < -0.39 is 10.0 Å². The predicted octanol–water partition coefficient (Wildman–Crippen LogP) is 3.96. The summed E-state index contributed by atoms with van der Waals surface area (Å²) < 4.78 is 30.6. The van der Waals surface area contributed by atoms with Gasteiger partial charge in [-0.3, -0.25) is 9.52 Å². The molecule has 0 aliphatic carbocycles. The van der Waals surface area contributed by atoms with Crippen LogP contribution < -0.4 is 4.72 Å². The van der Waals surface area contributed by atoms with Gasteiger partial charge in [0.05, 0.1) is 5.69 Å². The topological polar surface area (TPSA) is 84.3 Å². The van der Waals surface area contributed by atoms with E-state index in [1.807, 2.05) is 37.1 Å². The normalized spacial score (nSPS) is 14.2. The molecule has 0 atom stereocenters. The van der Waals surface area contributed by atoms with Gasteiger partial charge in [0.1, 0.15) is 16.4 Å². The summed E-state index contributed by atoms with van der Waals surface area (Å²) in [6.07, 6.45) is 3.55. The number of carbonyl (C=O) groups is 1. The van der Waals surface area contributed by atoms with Crippen LogP contribution in [0.2, 0.25) is 0 Å². The van der Waals surface area contributed by atoms with Gasteiger partial charge < -0.3 is 9.47 Å². The summed E-state index contributed by atoms with van der Waals surface area (Å²) in [7, 11) is -3.82. The van der Waals surface area contributed by atoms with Crippen LogP contribution in [0.25, 0.3) is 10.7 Å². The van der Waals surface area contributed by atoms with Crippen molar-refractivity contribution in [2.45, 2.75) is 45.1 Å². The van der Waals surface area contributed by atoms with E-state index in [-0.39, 0.29) is 17.3 Å². The number of hydrogen-bond donors (Lipinski definition) is 1. The third kappa shape index (κ3) is 4.83. The highest BCUT2D eigenvalue weighted by Gasteiger charge is 2.24. The van der Waals surface area contributed by atoms with Gasteiger partial charge in [-0.05, 0) is 62.9 Å². The first-order valence-corrected chi connectivity index (χ1v) is 12.6. The minimum Gasteiger partial charge on any atom is -0.341 e. The Balaban J connectivity index is 1.68. The smallest absolute Gasteiger partial charge is 0.263 e. The minimum atomic E-state index is -3.82. The van der Waals surface area contributed by atoms with E-state index in [1.165, 1.54) is 17.5 Å². The standard InChI is InChI=1S/C22H26N4O3S2/c1-15-8-16(2)10-18(9-15)24-31(28,29)19-11-20(22-23-17(3)14-30-22)26(12-19)13-21(27)25-6-4-5-7-25/h8-12,14,24H,4-7,13H2,1-3H3. The van der Waals surface area contributed by atoms with Crippen molar-refractivity contribution in [3.8, 4) is 10.7 Å². The summed E-state index contributed by atoms with van der Waals surface area (Å²) >= 11 is 1.44. The summed E-state index contributed by atoms with van der Waals surface area (Å²) in [6.45, 7) is 7.34. The number of rotatable bonds is 6. The van der Waals surface area contributed by atoms with Crippen molar-refractivity contribution < 1.29 is 13.2 Å². The van der Waals surface area contributed by atoms with Crippen molar-refractivity contribution in [1.82, 2.24) is 14.5 Å². The fraction of sp³-hybridized carbons (Fsp3) is 0.364. The van der Waals surface area contributed by atoms with Crippen LogP contribution in [0.3, 0.4) is 0 Å². The number of amides is 1. The Morgan fingerprint density at radius 3 is 2.39 bits per heavy atom. The van der Waals surface area contributed by atoms with Crippen LogP contribution in [-0.4, -0.2) is 41.9 Å². The first-order chi connectivity index (χ1) is 14.7. The van der Waals surface area contributed by atoms with Crippen LogP contribution in [-0.2, 0) is 21.4 Å². The zero-order chi connectivity index (χ0) is 22.2. The average Bonchev–Trinajstić information content (AvgIpc) is 3.40. The zero-order valence-corrected chi connectivity index (χ0v) is 19.5. The number of likely N-dealkylation sites (tertiary alicyclic amines) is 1. The van der Waals surface area contributed by atoms with Gasteiger partial charge in [-0.15, -0.1) is 11.3 Å². The Morgan fingerprint density at radius 2 is 1.77 bits per heavy atom. The maximum atomic E-state index is 13.1. The first kappa shape index (κ1) is 21.6. The van der Waals surface area contributed by atoms with Crippen molar-refractivity contribution in [3.05, 3.63) is 52.7 Å². The SMILES string of the molecule is Cc1cc(C)cc(NS(=O)(=O)c2cc(-c3nc(C)cs3)n(CC(=O)N3CCCC3)c2)c1. The van der Waals surface area contributed by atoms with E-state index in [0.29, 0.717) is 16.4 Å². The lowest BCUT2D eigenvalue weighted by molar-refractivity contribution is -0.130. The molecule has 164 valence electrons. The maximum Gasteiger partial charge on any atom is 0.263 e. The molecule has 1 amide bonds. The molecule has 1 aliphatic heterocycles. The van der Waals surface area contributed by atoms with Crippen LogP contribution in [0.4, 0.5) is 5.69 Å². The highest BCUT2D eigenvalue weighted by Crippen LogP contribution is 2.29. The quantitative estimate of drug-likeness (QED) is 0.606. The van der Waals surface area contributed by atoms with Crippen LogP contribution >= 0.6 is 11.3 Å². The number of aryl methyl sites for hydroxylation is 3. The number of benzene rings is 1. The number of carbonyl (C=O) groups excluding carboxylic acids is 1. The van der Waals surface area contributed by atoms with E-state index in [9.17, 15) is 13.2 Å². The third-order valence-electron chi connectivity index (χ3n) is 5.26. The summed E-state index contributed by atoms with van der Waals surface area (Å²) in [5.41, 5.74) is 3.96. The molecular formula is C22H26N4O3S2. The molecule has 2 aromatic heterocycles. The first-order valence-electron chi connectivity index (χ1n) is 10.2. The average molecular weight is 459 g/mol. The lowest BCUT2D eigenvalue weighted by Crippen LogP contribution is -2.31. The highest BCUT2D eigenvalue weighted by molar-refractivity contribution is 7.92. The molecular weight excluding hydrogens is 432 g/mol. The molecule has 4 rings (SSSR count). The molecule has 1 N–H and O–H groups in total. The van der Waals surface area contributed by atoms with Crippen molar-refractivity contribution in [1.29, 1.82) is 0 Å². The van der Waals surface area contributed by atoms with Crippen molar-refractivity contribution >= 4 is 33.0 Å². The van der Waals surface area contributed by atoms with E-state index in [2.05, 4.69) is 9.71 Å². The second-order valence-electron chi connectivity index (χ2n) is 8.05. The Bertz CT molecular complexity index is 1200. The summed E-state index contributed by atoms with van der Waals surface area (Å²) in [4.78, 5) is 19.2. The Kier molecular flexibility index (Phi) is 5.90. The molecule has 7 nitrogen and oxygen atoms in total. The molecule has 0 unspecified atom stereocenters. The summed E-state index contributed by atoms with van der Waals surface area (Å²) in [5, 5.41) is 2.61. The Morgan fingerprint density at radius 1 is 1.10 bits per heavy atom. The van der Waals surface area contributed by atoms with Gasteiger partial charge in [-0.25, -0.2) is 13.4 Å². The second kappa shape index (κ2) is 8.47. The monoisotopic (exact) mass is 458 g/mol. The maximum absolute atomic E-state index is 13.1. The Hall–Kier alpha value is -2.65.